The van der Waals surface area contributed by atoms with Crippen LogP contribution in [0.1, 0.15) is 19.8 Å². The molecule has 0 unspecified atom stereocenters. The molecule has 0 saturated carbocycles. The highest BCUT2D eigenvalue weighted by Crippen LogP contribution is 2.22. The van der Waals surface area contributed by atoms with Gasteiger partial charge in [0.15, 0.2) is 6.10 Å². The zero-order valence-electron chi connectivity index (χ0n) is 13.9. The predicted molar refractivity (Wildman–Crippen MR) is 89.0 cm³/mol. The van der Waals surface area contributed by atoms with Crippen molar-refractivity contribution in [2.75, 3.05) is 18.9 Å². The fourth-order valence-electron chi connectivity index (χ4n) is 1.82. The van der Waals surface area contributed by atoms with Gasteiger partial charge in [-0.1, -0.05) is 12.1 Å². The molecular formula is C15H20N4O6. The van der Waals surface area contributed by atoms with Crippen molar-refractivity contribution in [3.8, 4) is 0 Å². The zero-order valence-corrected chi connectivity index (χ0v) is 13.9. The lowest BCUT2D eigenvalue weighted by molar-refractivity contribution is -0.384. The smallest absolute Gasteiger partial charge is 0.321 e. The van der Waals surface area contributed by atoms with Gasteiger partial charge in [-0.15, -0.1) is 0 Å². The van der Waals surface area contributed by atoms with Gasteiger partial charge in [0.2, 0.25) is 0 Å². The summed E-state index contributed by atoms with van der Waals surface area (Å²) in [4.78, 5) is 44.6. The maximum Gasteiger partial charge on any atom is 0.321 e. The molecule has 136 valence electrons. The van der Waals surface area contributed by atoms with Gasteiger partial charge in [0.25, 0.3) is 11.6 Å². The third-order valence-electron chi connectivity index (χ3n) is 3.12. The number of benzene rings is 1. The lowest BCUT2D eigenvalue weighted by atomic mass is 10.2. The molecule has 1 aromatic rings. The van der Waals surface area contributed by atoms with Crippen LogP contribution < -0.4 is 16.0 Å². The monoisotopic (exact) mass is 352 g/mol. The Hall–Kier alpha value is -3.17. The first-order valence-corrected chi connectivity index (χ1v) is 7.54. The van der Waals surface area contributed by atoms with E-state index in [9.17, 15) is 24.5 Å². The van der Waals surface area contributed by atoms with E-state index in [0.29, 0.717) is 18.7 Å². The van der Waals surface area contributed by atoms with Gasteiger partial charge in [-0.2, -0.15) is 0 Å². The van der Waals surface area contributed by atoms with E-state index >= 15 is 0 Å². The first-order chi connectivity index (χ1) is 11.8. The quantitative estimate of drug-likeness (QED) is 0.276. The number of ether oxygens (including phenoxy) is 1. The van der Waals surface area contributed by atoms with Crippen LogP contribution in [-0.4, -0.2) is 42.5 Å². The second-order valence-corrected chi connectivity index (χ2v) is 5.01. The Morgan fingerprint density at radius 1 is 1.28 bits per heavy atom. The summed E-state index contributed by atoms with van der Waals surface area (Å²) in [6.45, 7) is 1.67. The van der Waals surface area contributed by atoms with E-state index < -0.39 is 28.9 Å². The van der Waals surface area contributed by atoms with Crippen molar-refractivity contribution in [2.24, 2.45) is 0 Å². The molecule has 3 amide bonds. The topological polar surface area (TPSA) is 140 Å². The van der Waals surface area contributed by atoms with Crippen LogP contribution in [0.2, 0.25) is 0 Å². The number of rotatable bonds is 8. The van der Waals surface area contributed by atoms with E-state index in [-0.39, 0.29) is 12.1 Å². The van der Waals surface area contributed by atoms with Crippen molar-refractivity contribution >= 4 is 29.3 Å². The standard InChI is InChI=1S/C15H20N4O6/c1-10(14(21)18-15(22)16-2)25-13(20)8-5-9-17-11-6-3-4-7-12(11)19(23)24/h3-4,6-7,10,17H,5,8-9H2,1-2H3,(H2,16,18,21,22)/t10-/m1/s1. The Labute approximate surface area is 144 Å². The molecule has 0 aliphatic heterocycles. The number of carbonyl (C=O) groups excluding carboxylic acids is 3. The second-order valence-electron chi connectivity index (χ2n) is 5.01. The number of imide groups is 1. The molecule has 10 nitrogen and oxygen atoms in total. The van der Waals surface area contributed by atoms with Gasteiger partial charge >= 0.3 is 12.0 Å². The number of hydrogen-bond donors (Lipinski definition) is 3. The highest BCUT2D eigenvalue weighted by molar-refractivity contribution is 5.96. The summed E-state index contributed by atoms with van der Waals surface area (Å²) in [7, 11) is 1.35. The summed E-state index contributed by atoms with van der Waals surface area (Å²) in [6.07, 6.45) is -0.729. The van der Waals surface area contributed by atoms with E-state index in [2.05, 4.69) is 10.6 Å². The molecule has 0 aromatic heterocycles. The van der Waals surface area contributed by atoms with Crippen LogP contribution in [0, 0.1) is 10.1 Å². The first kappa shape index (κ1) is 19.9. The average Bonchev–Trinajstić information content (AvgIpc) is 2.58. The number of nitrogens with zero attached hydrogens (tertiary/aromatic N) is 1. The van der Waals surface area contributed by atoms with Crippen LogP contribution in [0.25, 0.3) is 0 Å². The van der Waals surface area contributed by atoms with Gasteiger partial charge in [-0.3, -0.25) is 25.0 Å². The van der Waals surface area contributed by atoms with E-state index in [1.807, 2.05) is 5.32 Å². The number of carbonyl (C=O) groups is 3. The molecule has 0 radical (unpaired) electrons. The zero-order chi connectivity index (χ0) is 18.8. The van der Waals surface area contributed by atoms with Crippen molar-refractivity contribution in [1.82, 2.24) is 10.6 Å². The number of para-hydroxylation sites is 2. The lowest BCUT2D eigenvalue weighted by Crippen LogP contribution is -2.43. The van der Waals surface area contributed by atoms with Gasteiger partial charge in [-0.25, -0.2) is 4.79 Å². The Balaban J connectivity index is 2.35. The molecule has 25 heavy (non-hydrogen) atoms. The summed E-state index contributed by atoms with van der Waals surface area (Å²) in [5, 5.41) is 18.0. The molecule has 0 heterocycles. The number of amides is 3. The third kappa shape index (κ3) is 6.85. The summed E-state index contributed by atoms with van der Waals surface area (Å²) < 4.78 is 4.90. The summed E-state index contributed by atoms with van der Waals surface area (Å²) in [6, 6.07) is 5.48. The SMILES string of the molecule is CNC(=O)NC(=O)[C@@H](C)OC(=O)CCCNc1ccccc1[N+](=O)[O-]. The number of esters is 1. The summed E-state index contributed by atoms with van der Waals surface area (Å²) in [5.41, 5.74) is 0.309. The van der Waals surface area contributed by atoms with E-state index in [1.165, 1.54) is 20.0 Å². The molecule has 1 rings (SSSR count). The van der Waals surface area contributed by atoms with Crippen molar-refractivity contribution in [1.29, 1.82) is 0 Å². The number of hydrogen-bond acceptors (Lipinski definition) is 7. The van der Waals surface area contributed by atoms with E-state index in [1.54, 1.807) is 18.2 Å². The molecule has 1 atom stereocenters. The molecule has 1 aromatic carbocycles. The van der Waals surface area contributed by atoms with Crippen LogP contribution in [0.4, 0.5) is 16.2 Å². The second kappa shape index (κ2) is 9.85. The fraction of sp³-hybridized carbons (Fsp3) is 0.400. The molecular weight excluding hydrogens is 332 g/mol. The van der Waals surface area contributed by atoms with Crippen molar-refractivity contribution in [2.45, 2.75) is 25.9 Å². The maximum absolute atomic E-state index is 11.7. The predicted octanol–water partition coefficient (Wildman–Crippen LogP) is 1.17. The average molecular weight is 352 g/mol. The van der Waals surface area contributed by atoms with Crippen LogP contribution >= 0.6 is 0 Å². The Bertz CT molecular complexity index is 649. The highest BCUT2D eigenvalue weighted by atomic mass is 16.6. The van der Waals surface area contributed by atoms with Gasteiger partial charge in [-0.05, 0) is 19.4 Å². The van der Waals surface area contributed by atoms with Crippen LogP contribution in [0.5, 0.6) is 0 Å². The third-order valence-corrected chi connectivity index (χ3v) is 3.12. The Morgan fingerprint density at radius 2 is 1.96 bits per heavy atom. The maximum atomic E-state index is 11.7. The van der Waals surface area contributed by atoms with E-state index in [4.69, 9.17) is 4.74 Å². The van der Waals surface area contributed by atoms with Crippen molar-refractivity contribution in [3.63, 3.8) is 0 Å². The van der Waals surface area contributed by atoms with Crippen molar-refractivity contribution < 1.29 is 24.0 Å². The normalized spacial score (nSPS) is 11.1. The number of anilines is 1. The minimum absolute atomic E-state index is 0.0191. The van der Waals surface area contributed by atoms with Gasteiger partial charge in [0.1, 0.15) is 5.69 Å². The Morgan fingerprint density at radius 3 is 2.60 bits per heavy atom. The fourth-order valence-corrected chi connectivity index (χ4v) is 1.82. The van der Waals surface area contributed by atoms with Crippen LogP contribution in [0.15, 0.2) is 24.3 Å². The number of nitro groups is 1. The number of urea groups is 1. The highest BCUT2D eigenvalue weighted by Gasteiger charge is 2.19. The molecule has 0 fully saturated rings. The van der Waals surface area contributed by atoms with Gasteiger partial charge in [0.05, 0.1) is 4.92 Å². The number of nitrogens with one attached hydrogen (secondary N) is 3. The van der Waals surface area contributed by atoms with E-state index in [0.717, 1.165) is 0 Å². The lowest BCUT2D eigenvalue weighted by Gasteiger charge is -2.12. The molecule has 0 bridgehead atoms. The summed E-state index contributed by atoms with van der Waals surface area (Å²) >= 11 is 0. The number of nitro benzene ring substituents is 1. The molecule has 3 N–H and O–H groups in total. The molecule has 0 aliphatic carbocycles. The molecule has 0 spiro atoms. The molecule has 0 aliphatic rings. The first-order valence-electron chi connectivity index (χ1n) is 7.54. The minimum Gasteiger partial charge on any atom is -0.453 e. The molecule has 0 saturated heterocycles. The molecule has 10 heteroatoms. The minimum atomic E-state index is -1.10. The Kier molecular flexibility index (Phi) is 7.83. The largest absolute Gasteiger partial charge is 0.453 e. The van der Waals surface area contributed by atoms with Crippen LogP contribution in [-0.2, 0) is 14.3 Å². The van der Waals surface area contributed by atoms with Crippen LogP contribution in [0.3, 0.4) is 0 Å². The van der Waals surface area contributed by atoms with Crippen molar-refractivity contribution in [3.05, 3.63) is 34.4 Å². The summed E-state index contributed by atoms with van der Waals surface area (Å²) in [5.74, 6) is -1.34. The van der Waals surface area contributed by atoms with Gasteiger partial charge in [0, 0.05) is 26.1 Å². The van der Waals surface area contributed by atoms with Gasteiger partial charge < -0.3 is 15.4 Å².